The van der Waals surface area contributed by atoms with Crippen LogP contribution in [0.4, 0.5) is 0 Å². The van der Waals surface area contributed by atoms with Gasteiger partial charge >= 0.3 is 0 Å². The maximum atomic E-state index is 12.2. The van der Waals surface area contributed by atoms with Crippen LogP contribution in [0.5, 0.6) is 0 Å². The second-order valence-corrected chi connectivity index (χ2v) is 5.16. The predicted molar refractivity (Wildman–Crippen MR) is 64.9 cm³/mol. The van der Waals surface area contributed by atoms with E-state index in [0.717, 1.165) is 38.5 Å². The Bertz CT molecular complexity index is 272. The fraction of sp³-hybridized carbons (Fsp3) is 0.769. The molecule has 3 heteroatoms. The highest BCUT2D eigenvalue weighted by Crippen LogP contribution is 2.25. The van der Waals surface area contributed by atoms with Gasteiger partial charge in [0.2, 0.25) is 5.91 Å². The number of hydrogen-bond acceptors (Lipinski definition) is 2. The summed E-state index contributed by atoms with van der Waals surface area (Å²) in [5, 5.41) is 0. The number of rotatable bonds is 2. The van der Waals surface area contributed by atoms with E-state index in [1.54, 1.807) is 0 Å². The van der Waals surface area contributed by atoms with Gasteiger partial charge in [-0.05, 0) is 38.5 Å². The number of carbonyl (C=O) groups excluding carboxylic acids is 1. The Balaban J connectivity index is 1.86. The molecule has 0 aliphatic heterocycles. The van der Waals surface area contributed by atoms with Crippen molar-refractivity contribution < 1.29 is 4.79 Å². The number of nitrogens with two attached hydrogens (primary N) is 1. The lowest BCUT2D eigenvalue weighted by Crippen LogP contribution is -2.43. The molecule has 0 atom stereocenters. The van der Waals surface area contributed by atoms with Crippen molar-refractivity contribution in [3.8, 4) is 0 Å². The summed E-state index contributed by atoms with van der Waals surface area (Å²) >= 11 is 0. The van der Waals surface area contributed by atoms with Crippen molar-refractivity contribution in [2.75, 3.05) is 7.05 Å². The van der Waals surface area contributed by atoms with Gasteiger partial charge in [0.15, 0.2) is 0 Å². The van der Waals surface area contributed by atoms with Crippen LogP contribution in [0.1, 0.15) is 38.5 Å². The van der Waals surface area contributed by atoms with Crippen molar-refractivity contribution in [1.82, 2.24) is 4.90 Å². The molecule has 0 heterocycles. The van der Waals surface area contributed by atoms with Crippen LogP contribution in [-0.4, -0.2) is 29.9 Å². The first-order valence-corrected chi connectivity index (χ1v) is 6.35. The van der Waals surface area contributed by atoms with Gasteiger partial charge in [-0.2, -0.15) is 0 Å². The molecule has 2 N–H and O–H groups in total. The average molecular weight is 222 g/mol. The smallest absolute Gasteiger partial charge is 0.226 e. The summed E-state index contributed by atoms with van der Waals surface area (Å²) in [4.78, 5) is 14.2. The van der Waals surface area contributed by atoms with E-state index >= 15 is 0 Å². The number of carbonyl (C=O) groups is 1. The third-order valence-electron chi connectivity index (χ3n) is 3.99. The molecule has 0 aromatic heterocycles. The summed E-state index contributed by atoms with van der Waals surface area (Å²) in [6, 6.07) is 0.779. The molecule has 0 spiro atoms. The standard InChI is InChI=1S/C13H22N2O/c1-15(12-8-6-11(14)7-9-12)13(16)10-4-2-3-5-10/h2-3,10-12H,4-9,14H2,1H3. The summed E-state index contributed by atoms with van der Waals surface area (Å²) in [5.74, 6) is 0.533. The van der Waals surface area contributed by atoms with Crippen LogP contribution in [0, 0.1) is 5.92 Å². The second kappa shape index (κ2) is 5.00. The molecule has 2 aliphatic carbocycles. The Labute approximate surface area is 97.7 Å². The quantitative estimate of drug-likeness (QED) is 0.723. The minimum Gasteiger partial charge on any atom is -0.343 e. The van der Waals surface area contributed by atoms with Crippen LogP contribution in [0.15, 0.2) is 12.2 Å². The molecule has 0 bridgehead atoms. The van der Waals surface area contributed by atoms with Crippen molar-refractivity contribution in [2.45, 2.75) is 50.6 Å². The Hall–Kier alpha value is -0.830. The zero-order chi connectivity index (χ0) is 11.5. The molecule has 0 saturated heterocycles. The Morgan fingerprint density at radius 2 is 1.75 bits per heavy atom. The lowest BCUT2D eigenvalue weighted by molar-refractivity contribution is -0.136. The third-order valence-corrected chi connectivity index (χ3v) is 3.99. The van der Waals surface area contributed by atoms with E-state index in [9.17, 15) is 4.79 Å². The van der Waals surface area contributed by atoms with Gasteiger partial charge in [-0.25, -0.2) is 0 Å². The molecule has 0 aromatic carbocycles. The Kier molecular flexibility index (Phi) is 3.64. The lowest BCUT2D eigenvalue weighted by atomic mass is 9.90. The molecule has 2 aliphatic rings. The summed E-state index contributed by atoms with van der Waals surface area (Å²) in [6.45, 7) is 0. The van der Waals surface area contributed by atoms with Gasteiger partial charge in [0.1, 0.15) is 0 Å². The number of hydrogen-bond donors (Lipinski definition) is 1. The van der Waals surface area contributed by atoms with Crippen LogP contribution >= 0.6 is 0 Å². The predicted octanol–water partition coefficient (Wildman–Crippen LogP) is 1.68. The largest absolute Gasteiger partial charge is 0.343 e. The monoisotopic (exact) mass is 222 g/mol. The van der Waals surface area contributed by atoms with E-state index in [1.165, 1.54) is 0 Å². The molecule has 0 radical (unpaired) electrons. The number of allylic oxidation sites excluding steroid dienone is 2. The summed E-state index contributed by atoms with van der Waals surface area (Å²) in [5.41, 5.74) is 5.88. The van der Waals surface area contributed by atoms with Crippen molar-refractivity contribution in [3.63, 3.8) is 0 Å². The summed E-state index contributed by atoms with van der Waals surface area (Å²) in [7, 11) is 1.96. The van der Waals surface area contributed by atoms with Crippen molar-refractivity contribution in [3.05, 3.63) is 12.2 Å². The first-order chi connectivity index (χ1) is 7.68. The number of amides is 1. The topological polar surface area (TPSA) is 46.3 Å². The van der Waals surface area contributed by atoms with Gasteiger partial charge < -0.3 is 10.6 Å². The minimum atomic E-state index is 0.209. The highest BCUT2D eigenvalue weighted by molar-refractivity contribution is 5.79. The van der Waals surface area contributed by atoms with Gasteiger partial charge in [-0.1, -0.05) is 12.2 Å². The molecule has 2 rings (SSSR count). The Morgan fingerprint density at radius 1 is 1.19 bits per heavy atom. The van der Waals surface area contributed by atoms with Gasteiger partial charge in [0.05, 0.1) is 0 Å². The maximum absolute atomic E-state index is 12.2. The van der Waals surface area contributed by atoms with E-state index in [4.69, 9.17) is 5.73 Å². The maximum Gasteiger partial charge on any atom is 0.226 e. The lowest BCUT2D eigenvalue weighted by Gasteiger charge is -2.34. The van der Waals surface area contributed by atoms with Crippen molar-refractivity contribution in [1.29, 1.82) is 0 Å². The molecule has 1 amide bonds. The SMILES string of the molecule is CN(C(=O)C1CC=CC1)C1CCC(N)CC1. The molecule has 1 saturated carbocycles. The van der Waals surface area contributed by atoms with E-state index in [-0.39, 0.29) is 5.92 Å². The highest BCUT2D eigenvalue weighted by Gasteiger charge is 2.29. The fourth-order valence-corrected chi connectivity index (χ4v) is 2.78. The summed E-state index contributed by atoms with van der Waals surface area (Å²) < 4.78 is 0. The second-order valence-electron chi connectivity index (χ2n) is 5.16. The van der Waals surface area contributed by atoms with Gasteiger partial charge in [0, 0.05) is 25.0 Å². The summed E-state index contributed by atoms with van der Waals surface area (Å²) in [6.07, 6.45) is 10.4. The molecular weight excluding hydrogens is 200 g/mol. The molecule has 0 unspecified atom stereocenters. The van der Waals surface area contributed by atoms with Gasteiger partial charge in [0.25, 0.3) is 0 Å². The van der Waals surface area contributed by atoms with Crippen LogP contribution in [0.2, 0.25) is 0 Å². The molecule has 16 heavy (non-hydrogen) atoms. The molecule has 0 aromatic rings. The minimum absolute atomic E-state index is 0.209. The first kappa shape index (κ1) is 11.6. The first-order valence-electron chi connectivity index (χ1n) is 6.35. The molecular formula is C13H22N2O. The van der Waals surface area contributed by atoms with E-state index < -0.39 is 0 Å². The van der Waals surface area contributed by atoms with Crippen LogP contribution in [0.3, 0.4) is 0 Å². The molecule has 3 nitrogen and oxygen atoms in total. The van der Waals surface area contributed by atoms with Crippen molar-refractivity contribution in [2.24, 2.45) is 11.7 Å². The van der Waals surface area contributed by atoms with Crippen LogP contribution in [0.25, 0.3) is 0 Å². The van der Waals surface area contributed by atoms with Gasteiger partial charge in [-0.15, -0.1) is 0 Å². The van der Waals surface area contributed by atoms with E-state index in [2.05, 4.69) is 12.2 Å². The highest BCUT2D eigenvalue weighted by atomic mass is 16.2. The van der Waals surface area contributed by atoms with Crippen molar-refractivity contribution >= 4 is 5.91 Å². The number of nitrogens with zero attached hydrogens (tertiary/aromatic N) is 1. The average Bonchev–Trinajstić information content (AvgIpc) is 2.81. The normalized spacial score (nSPS) is 30.6. The van der Waals surface area contributed by atoms with E-state index in [0.29, 0.717) is 18.0 Å². The fourth-order valence-electron chi connectivity index (χ4n) is 2.78. The molecule has 90 valence electrons. The zero-order valence-corrected chi connectivity index (χ0v) is 10.1. The third kappa shape index (κ3) is 2.46. The van der Waals surface area contributed by atoms with Crippen LogP contribution in [-0.2, 0) is 4.79 Å². The zero-order valence-electron chi connectivity index (χ0n) is 10.1. The van der Waals surface area contributed by atoms with E-state index in [1.807, 2.05) is 11.9 Å². The van der Waals surface area contributed by atoms with Crippen LogP contribution < -0.4 is 5.73 Å². The Morgan fingerprint density at radius 3 is 2.31 bits per heavy atom. The molecule has 1 fully saturated rings. The van der Waals surface area contributed by atoms with Gasteiger partial charge in [-0.3, -0.25) is 4.79 Å².